The lowest BCUT2D eigenvalue weighted by Gasteiger charge is -2.33. The van der Waals surface area contributed by atoms with Crippen molar-refractivity contribution in [1.82, 2.24) is 4.90 Å². The Morgan fingerprint density at radius 2 is 2.43 bits per heavy atom. The van der Waals surface area contributed by atoms with E-state index in [2.05, 4.69) is 11.8 Å². The summed E-state index contributed by atoms with van der Waals surface area (Å²) in [5, 5.41) is 9.07. The Bertz CT molecular complexity index is 199. The second-order valence-electron chi connectivity index (χ2n) is 4.25. The molecule has 0 aromatic carbocycles. The third kappa shape index (κ3) is 3.52. The van der Waals surface area contributed by atoms with Gasteiger partial charge in [-0.3, -0.25) is 0 Å². The van der Waals surface area contributed by atoms with Gasteiger partial charge in [-0.25, -0.2) is 0 Å². The molecule has 0 bridgehead atoms. The summed E-state index contributed by atoms with van der Waals surface area (Å²) in [5.74, 6) is 0.727. The maximum absolute atomic E-state index is 9.07. The first-order valence-electron chi connectivity index (χ1n) is 5.26. The molecule has 2 atom stereocenters. The number of piperidine rings is 1. The van der Waals surface area contributed by atoms with Crippen molar-refractivity contribution in [2.45, 2.75) is 19.8 Å². The van der Waals surface area contributed by atoms with Crippen molar-refractivity contribution >= 4 is 17.2 Å². The minimum Gasteiger partial charge on any atom is -0.396 e. The van der Waals surface area contributed by atoms with Crippen molar-refractivity contribution in [3.63, 3.8) is 0 Å². The second kappa shape index (κ2) is 5.63. The lowest BCUT2D eigenvalue weighted by atomic mass is 9.98. The van der Waals surface area contributed by atoms with Crippen LogP contribution in [0.4, 0.5) is 0 Å². The average Bonchev–Trinajstić information content (AvgIpc) is 2.18. The Morgan fingerprint density at radius 1 is 1.71 bits per heavy atom. The Hall–Kier alpha value is -0.190. The fraction of sp³-hybridized carbons (Fsp3) is 0.900. The molecule has 82 valence electrons. The standard InChI is InChI=1S/C10H20N2OS/c1-8(10(11)14)5-12-4-2-3-9(6-12)7-13/h8-9,13H,2-7H2,1H3,(H2,11,14). The maximum atomic E-state index is 9.07. The minimum absolute atomic E-state index is 0.280. The number of nitrogens with zero attached hydrogens (tertiary/aromatic N) is 1. The van der Waals surface area contributed by atoms with Gasteiger partial charge in [-0.15, -0.1) is 0 Å². The van der Waals surface area contributed by atoms with Crippen LogP contribution < -0.4 is 5.73 Å². The highest BCUT2D eigenvalue weighted by Crippen LogP contribution is 2.16. The zero-order valence-electron chi connectivity index (χ0n) is 8.78. The van der Waals surface area contributed by atoms with E-state index in [9.17, 15) is 0 Å². The smallest absolute Gasteiger partial charge is 0.0768 e. The number of nitrogens with two attached hydrogens (primary N) is 1. The molecule has 0 amide bonds. The number of thiocarbonyl (C=S) groups is 1. The Labute approximate surface area is 91.3 Å². The summed E-state index contributed by atoms with van der Waals surface area (Å²) in [6, 6.07) is 0. The number of likely N-dealkylation sites (tertiary alicyclic amines) is 1. The molecule has 0 saturated carbocycles. The predicted octanol–water partition coefficient (Wildman–Crippen LogP) is 0.613. The fourth-order valence-corrected chi connectivity index (χ4v) is 2.02. The maximum Gasteiger partial charge on any atom is 0.0768 e. The van der Waals surface area contributed by atoms with Crippen LogP contribution in [-0.2, 0) is 0 Å². The van der Waals surface area contributed by atoms with E-state index in [-0.39, 0.29) is 5.92 Å². The van der Waals surface area contributed by atoms with Crippen LogP contribution in [0.25, 0.3) is 0 Å². The molecule has 1 aliphatic rings. The molecule has 0 radical (unpaired) electrons. The van der Waals surface area contributed by atoms with Gasteiger partial charge in [0.1, 0.15) is 0 Å². The third-order valence-electron chi connectivity index (χ3n) is 2.88. The van der Waals surface area contributed by atoms with E-state index < -0.39 is 0 Å². The number of aliphatic hydroxyl groups is 1. The molecule has 1 fully saturated rings. The highest BCUT2D eigenvalue weighted by Gasteiger charge is 2.20. The summed E-state index contributed by atoms with van der Waals surface area (Å²) in [5.41, 5.74) is 5.58. The molecule has 0 aliphatic carbocycles. The van der Waals surface area contributed by atoms with E-state index in [1.165, 1.54) is 6.42 Å². The SMILES string of the molecule is CC(CN1CCCC(CO)C1)C(N)=S. The summed E-state index contributed by atoms with van der Waals surface area (Å²) in [6.07, 6.45) is 2.32. The van der Waals surface area contributed by atoms with Crippen molar-refractivity contribution in [1.29, 1.82) is 0 Å². The first kappa shape index (κ1) is 11.9. The topological polar surface area (TPSA) is 49.5 Å². The van der Waals surface area contributed by atoms with Gasteiger partial charge < -0.3 is 15.7 Å². The van der Waals surface area contributed by atoms with Gasteiger partial charge in [0.25, 0.3) is 0 Å². The molecule has 1 rings (SSSR count). The number of hydrogen-bond donors (Lipinski definition) is 2. The Balaban J connectivity index is 2.33. The van der Waals surface area contributed by atoms with Crippen LogP contribution >= 0.6 is 12.2 Å². The monoisotopic (exact) mass is 216 g/mol. The van der Waals surface area contributed by atoms with E-state index in [0.717, 1.165) is 26.1 Å². The van der Waals surface area contributed by atoms with Crippen molar-refractivity contribution in [2.75, 3.05) is 26.2 Å². The number of rotatable bonds is 4. The highest BCUT2D eigenvalue weighted by molar-refractivity contribution is 7.80. The van der Waals surface area contributed by atoms with Gasteiger partial charge in [-0.1, -0.05) is 19.1 Å². The zero-order chi connectivity index (χ0) is 10.6. The van der Waals surface area contributed by atoms with Crippen molar-refractivity contribution in [2.24, 2.45) is 17.6 Å². The van der Waals surface area contributed by atoms with E-state index >= 15 is 0 Å². The normalized spacial score (nSPS) is 26.0. The van der Waals surface area contributed by atoms with Gasteiger partial charge in [0.15, 0.2) is 0 Å². The average molecular weight is 216 g/mol. The van der Waals surface area contributed by atoms with Crippen LogP contribution in [0.2, 0.25) is 0 Å². The lowest BCUT2D eigenvalue weighted by molar-refractivity contribution is 0.116. The van der Waals surface area contributed by atoms with E-state index in [0.29, 0.717) is 17.5 Å². The minimum atomic E-state index is 0.280. The van der Waals surface area contributed by atoms with Crippen LogP contribution in [0.3, 0.4) is 0 Å². The van der Waals surface area contributed by atoms with E-state index in [1.807, 2.05) is 0 Å². The third-order valence-corrected chi connectivity index (χ3v) is 3.28. The largest absolute Gasteiger partial charge is 0.396 e. The van der Waals surface area contributed by atoms with Crippen LogP contribution in [0.1, 0.15) is 19.8 Å². The van der Waals surface area contributed by atoms with Crippen molar-refractivity contribution < 1.29 is 5.11 Å². The Kier molecular flexibility index (Phi) is 4.78. The highest BCUT2D eigenvalue weighted by atomic mass is 32.1. The fourth-order valence-electron chi connectivity index (χ4n) is 1.94. The van der Waals surface area contributed by atoms with Gasteiger partial charge >= 0.3 is 0 Å². The van der Waals surface area contributed by atoms with Gasteiger partial charge in [0.2, 0.25) is 0 Å². The van der Waals surface area contributed by atoms with Crippen molar-refractivity contribution in [3.05, 3.63) is 0 Å². The Morgan fingerprint density at radius 3 is 3.00 bits per heavy atom. The van der Waals surface area contributed by atoms with Crippen LogP contribution in [-0.4, -0.2) is 41.2 Å². The molecule has 1 aliphatic heterocycles. The molecule has 3 N–H and O–H groups in total. The molecule has 4 heteroatoms. The number of hydrogen-bond acceptors (Lipinski definition) is 3. The number of aliphatic hydroxyl groups excluding tert-OH is 1. The predicted molar refractivity (Wildman–Crippen MR) is 62.2 cm³/mol. The summed E-state index contributed by atoms with van der Waals surface area (Å²) < 4.78 is 0. The molecular formula is C10H20N2OS. The van der Waals surface area contributed by atoms with Gasteiger partial charge in [-0.05, 0) is 25.3 Å². The van der Waals surface area contributed by atoms with Crippen molar-refractivity contribution in [3.8, 4) is 0 Å². The quantitative estimate of drug-likeness (QED) is 0.676. The first-order chi connectivity index (χ1) is 6.63. The first-order valence-corrected chi connectivity index (χ1v) is 5.66. The van der Waals surface area contributed by atoms with Crippen LogP contribution in [0.5, 0.6) is 0 Å². The molecule has 1 heterocycles. The molecule has 0 aromatic heterocycles. The summed E-state index contributed by atoms with van der Waals surface area (Å²) in [4.78, 5) is 2.95. The zero-order valence-corrected chi connectivity index (χ0v) is 9.59. The molecule has 0 spiro atoms. The molecular weight excluding hydrogens is 196 g/mol. The van der Waals surface area contributed by atoms with E-state index in [4.69, 9.17) is 23.1 Å². The summed E-state index contributed by atoms with van der Waals surface area (Å²) in [6.45, 7) is 5.40. The lowest BCUT2D eigenvalue weighted by Crippen LogP contribution is -2.41. The second-order valence-corrected chi connectivity index (χ2v) is 4.73. The van der Waals surface area contributed by atoms with Crippen LogP contribution in [0.15, 0.2) is 0 Å². The molecule has 2 unspecified atom stereocenters. The summed E-state index contributed by atoms with van der Waals surface area (Å²) >= 11 is 4.95. The van der Waals surface area contributed by atoms with Gasteiger partial charge in [0.05, 0.1) is 4.99 Å². The van der Waals surface area contributed by atoms with E-state index in [1.54, 1.807) is 0 Å². The molecule has 1 saturated heterocycles. The van der Waals surface area contributed by atoms with Gasteiger partial charge in [-0.2, -0.15) is 0 Å². The molecule has 0 aromatic rings. The molecule has 3 nitrogen and oxygen atoms in total. The summed E-state index contributed by atoms with van der Waals surface area (Å²) in [7, 11) is 0. The molecule has 14 heavy (non-hydrogen) atoms. The van der Waals surface area contributed by atoms with Crippen LogP contribution in [0, 0.1) is 11.8 Å². The van der Waals surface area contributed by atoms with Gasteiger partial charge in [0, 0.05) is 25.6 Å².